The molecule has 0 aromatic heterocycles. The molecule has 5 rings (SSSR count). The third-order valence-corrected chi connectivity index (χ3v) is 8.19. The van der Waals surface area contributed by atoms with E-state index in [4.69, 9.17) is 0 Å². The fourth-order valence-electron chi connectivity index (χ4n) is 6.06. The molecule has 0 N–H and O–H groups in total. The summed E-state index contributed by atoms with van der Waals surface area (Å²) in [7, 11) is 0. The van der Waals surface area contributed by atoms with Gasteiger partial charge in [-0.25, -0.2) is 0 Å². The standard InChI is InChI=1S/C35H43.2ClH.Zr/c1-33(2,3)25-17-15-24(18-25)31-29-19-23-14-16-26(34(4,5)6)20-27(23)28(29)21-30(35(7,8)9)32(31)22-12-10-11-13-22;;;/h14,16-18,20-21H,10-13,15H2,1-9H3;2*1H;/q-1;;;+3/p-2. The number of fused-ring (bicyclic) bond motifs is 2. The molecular formula is C35H43Cl2Zr. The predicted octanol–water partition coefficient (Wildman–Crippen LogP) is 2.08. The topological polar surface area (TPSA) is 0 Å². The van der Waals surface area contributed by atoms with E-state index in [9.17, 15) is 0 Å². The molecule has 201 valence electrons. The second-order valence-electron chi connectivity index (χ2n) is 14.1. The minimum atomic E-state index is 0. The van der Waals surface area contributed by atoms with Crippen LogP contribution in [-0.2, 0) is 37.0 Å². The van der Waals surface area contributed by atoms with Crippen LogP contribution in [0.1, 0.15) is 117 Å². The summed E-state index contributed by atoms with van der Waals surface area (Å²) >= 11 is 0. The first-order valence-corrected chi connectivity index (χ1v) is 13.7. The molecule has 3 aliphatic rings. The first-order valence-electron chi connectivity index (χ1n) is 13.7. The van der Waals surface area contributed by atoms with Crippen LogP contribution in [0.5, 0.6) is 0 Å². The van der Waals surface area contributed by atoms with E-state index in [0.717, 1.165) is 6.42 Å². The largest absolute Gasteiger partial charge is 3.00 e. The molecule has 3 aliphatic carbocycles. The van der Waals surface area contributed by atoms with E-state index >= 15 is 0 Å². The number of benzene rings is 2. The van der Waals surface area contributed by atoms with Gasteiger partial charge in [-0.2, -0.15) is 0 Å². The van der Waals surface area contributed by atoms with Gasteiger partial charge >= 0.3 is 26.2 Å². The van der Waals surface area contributed by atoms with Gasteiger partial charge in [0.2, 0.25) is 0 Å². The van der Waals surface area contributed by atoms with Crippen molar-refractivity contribution in [3.63, 3.8) is 0 Å². The van der Waals surface area contributed by atoms with Crippen LogP contribution in [0.4, 0.5) is 0 Å². The summed E-state index contributed by atoms with van der Waals surface area (Å²) in [6.45, 7) is 21.1. The van der Waals surface area contributed by atoms with Crippen LogP contribution in [-0.4, -0.2) is 0 Å². The molecule has 1 saturated carbocycles. The Morgan fingerprint density at radius 2 is 1.37 bits per heavy atom. The minimum Gasteiger partial charge on any atom is -1.00 e. The van der Waals surface area contributed by atoms with E-state index in [1.807, 2.05) is 0 Å². The molecule has 0 amide bonds. The number of rotatable bonds is 1. The fraction of sp³-hybridized carbons (Fsp3) is 0.486. The Kier molecular flexibility index (Phi) is 10.1. The SMILES string of the molecule is CC(C)(C)C1=CCC(c2c3c(cc(C(C)(C)C)c2=C2CCCC2)=c2cc(C(C)(C)C)ccc2=[C-]3)=C1.[Cl-].[Cl-].[Zr+3]. The van der Waals surface area contributed by atoms with Crippen molar-refractivity contribution in [2.75, 3.05) is 0 Å². The Labute approximate surface area is 262 Å². The maximum absolute atomic E-state index is 3.92. The zero-order valence-electron chi connectivity index (χ0n) is 24.8. The second-order valence-corrected chi connectivity index (χ2v) is 14.1. The average molecular weight is 626 g/mol. The van der Waals surface area contributed by atoms with Crippen LogP contribution in [0.3, 0.4) is 0 Å². The van der Waals surface area contributed by atoms with Crippen molar-refractivity contribution >= 4 is 17.2 Å². The van der Waals surface area contributed by atoms with Gasteiger partial charge in [0.1, 0.15) is 0 Å². The zero-order valence-corrected chi connectivity index (χ0v) is 28.7. The van der Waals surface area contributed by atoms with E-state index < -0.39 is 0 Å². The van der Waals surface area contributed by atoms with E-state index in [-0.39, 0.29) is 67.3 Å². The Morgan fingerprint density at radius 1 is 0.737 bits per heavy atom. The summed E-state index contributed by atoms with van der Waals surface area (Å²) in [6.07, 6.45) is 15.0. The van der Waals surface area contributed by atoms with Crippen LogP contribution in [0.2, 0.25) is 0 Å². The third kappa shape index (κ3) is 6.06. The van der Waals surface area contributed by atoms with Crippen molar-refractivity contribution in [1.82, 2.24) is 0 Å². The molecule has 1 fully saturated rings. The molecule has 0 nitrogen and oxygen atoms in total. The molecule has 3 heteroatoms. The van der Waals surface area contributed by atoms with E-state index in [2.05, 4.69) is 105 Å². The van der Waals surface area contributed by atoms with Gasteiger partial charge < -0.3 is 24.8 Å². The Balaban J connectivity index is 0.00000169. The minimum absolute atomic E-state index is 0. The first-order chi connectivity index (χ1) is 16.2. The zero-order chi connectivity index (χ0) is 25.3. The van der Waals surface area contributed by atoms with Gasteiger partial charge in [0.05, 0.1) is 0 Å². The summed E-state index contributed by atoms with van der Waals surface area (Å²) in [6, 6.07) is 9.59. The maximum Gasteiger partial charge on any atom is 3.00 e. The van der Waals surface area contributed by atoms with Gasteiger partial charge in [-0.3, -0.25) is 0 Å². The summed E-state index contributed by atoms with van der Waals surface area (Å²) in [5, 5.41) is 5.56. The molecule has 2 aromatic rings. The average Bonchev–Trinajstić information content (AvgIpc) is 3.49. The van der Waals surface area contributed by atoms with E-state index in [1.54, 1.807) is 10.8 Å². The van der Waals surface area contributed by atoms with E-state index in [0.29, 0.717) is 0 Å². The molecule has 1 radical (unpaired) electrons. The van der Waals surface area contributed by atoms with Gasteiger partial charge in [0.15, 0.2) is 0 Å². The number of hydrogen-bond acceptors (Lipinski definition) is 0. The molecule has 0 atom stereocenters. The van der Waals surface area contributed by atoms with Gasteiger partial charge in [-0.05, 0) is 64.7 Å². The Bertz CT molecular complexity index is 1490. The smallest absolute Gasteiger partial charge is 1.00 e. The molecule has 0 aliphatic heterocycles. The van der Waals surface area contributed by atoms with Crippen LogP contribution in [0.25, 0.3) is 17.2 Å². The summed E-state index contributed by atoms with van der Waals surface area (Å²) < 4.78 is 0. The van der Waals surface area contributed by atoms with Crippen molar-refractivity contribution in [3.8, 4) is 0 Å². The first kappa shape index (κ1) is 33.3. The Morgan fingerprint density at radius 3 is 1.89 bits per heavy atom. The van der Waals surface area contributed by atoms with Gasteiger partial charge in [-0.15, -0.1) is 33.4 Å². The summed E-state index contributed by atoms with van der Waals surface area (Å²) in [4.78, 5) is 0. The number of hydrogen-bond donors (Lipinski definition) is 0. The van der Waals surface area contributed by atoms with Crippen molar-refractivity contribution in [3.05, 3.63) is 85.1 Å². The molecule has 0 heterocycles. The molecule has 38 heavy (non-hydrogen) atoms. The van der Waals surface area contributed by atoms with Crippen LogP contribution < -0.4 is 35.3 Å². The maximum atomic E-state index is 3.92. The molecular weight excluding hydrogens is 583 g/mol. The van der Waals surface area contributed by atoms with Crippen molar-refractivity contribution in [2.45, 2.75) is 105 Å². The van der Waals surface area contributed by atoms with Gasteiger partial charge in [-0.1, -0.05) is 115 Å². The van der Waals surface area contributed by atoms with Crippen molar-refractivity contribution in [2.24, 2.45) is 5.41 Å². The quantitative estimate of drug-likeness (QED) is 0.364. The van der Waals surface area contributed by atoms with Crippen LogP contribution in [0, 0.1) is 15.9 Å². The second kappa shape index (κ2) is 11.5. The molecule has 0 spiro atoms. The van der Waals surface area contributed by atoms with Crippen LogP contribution >= 0.6 is 0 Å². The summed E-state index contributed by atoms with van der Waals surface area (Å²) in [5.74, 6) is 0. The Hall–Kier alpha value is -0.877. The normalized spacial score (nSPS) is 16.4. The van der Waals surface area contributed by atoms with Crippen molar-refractivity contribution in [1.29, 1.82) is 0 Å². The summed E-state index contributed by atoms with van der Waals surface area (Å²) in [5.41, 5.74) is 10.7. The molecule has 0 unspecified atom stereocenters. The van der Waals surface area contributed by atoms with E-state index in [1.165, 1.54) is 74.7 Å². The van der Waals surface area contributed by atoms with Gasteiger partial charge in [0.25, 0.3) is 0 Å². The molecule has 0 saturated heterocycles. The monoisotopic (exact) mass is 623 g/mol. The molecule has 2 aromatic carbocycles. The fourth-order valence-corrected chi connectivity index (χ4v) is 6.06. The van der Waals surface area contributed by atoms with Gasteiger partial charge in [0, 0.05) is 0 Å². The third-order valence-electron chi connectivity index (χ3n) is 8.19. The van der Waals surface area contributed by atoms with Crippen molar-refractivity contribution < 1.29 is 51.0 Å². The number of allylic oxidation sites excluding steroid dienone is 4. The number of halogens is 2. The van der Waals surface area contributed by atoms with Crippen LogP contribution in [0.15, 0.2) is 42.0 Å². The predicted molar refractivity (Wildman–Crippen MR) is 152 cm³/mol. The molecule has 0 bridgehead atoms.